The Morgan fingerprint density at radius 1 is 1.16 bits per heavy atom. The molecule has 2 heterocycles. The molecule has 0 atom stereocenters. The number of aliphatic hydroxyl groups excluding tert-OH is 1. The fourth-order valence-corrected chi connectivity index (χ4v) is 2.45. The largest absolute Gasteiger partial charge is 0.390 e. The average molecular weight is 254 g/mol. The Hall–Kier alpha value is -1.71. The molecule has 3 nitrogen and oxygen atoms in total. The first-order valence-electron chi connectivity index (χ1n) is 6.62. The van der Waals surface area contributed by atoms with Gasteiger partial charge < -0.3 is 5.11 Å². The summed E-state index contributed by atoms with van der Waals surface area (Å²) in [6, 6.07) is 10.7. The van der Waals surface area contributed by atoms with Crippen LogP contribution in [-0.4, -0.2) is 34.2 Å². The lowest BCUT2D eigenvalue weighted by Crippen LogP contribution is -2.49. The number of rotatable bonds is 3. The number of likely N-dealkylation sites (tertiary alicyclic amines) is 1. The quantitative estimate of drug-likeness (QED) is 0.912. The molecule has 0 radical (unpaired) electrons. The Bertz CT molecular complexity index is 559. The normalized spacial score (nSPS) is 16.3. The third-order valence-corrected chi connectivity index (χ3v) is 3.51. The molecule has 0 amide bonds. The highest BCUT2D eigenvalue weighted by molar-refractivity contribution is 5.63. The van der Waals surface area contributed by atoms with Crippen LogP contribution in [0.3, 0.4) is 0 Å². The molecule has 0 spiro atoms. The molecule has 19 heavy (non-hydrogen) atoms. The average Bonchev–Trinajstić information content (AvgIpc) is 2.38. The number of aryl methyl sites for hydroxylation is 1. The van der Waals surface area contributed by atoms with Gasteiger partial charge in [0.05, 0.1) is 6.10 Å². The number of aliphatic hydroxyl groups is 1. The Morgan fingerprint density at radius 2 is 1.89 bits per heavy atom. The Morgan fingerprint density at radius 3 is 2.53 bits per heavy atom. The van der Waals surface area contributed by atoms with Crippen LogP contribution in [0.5, 0.6) is 0 Å². The molecule has 0 unspecified atom stereocenters. The Labute approximate surface area is 113 Å². The molecule has 1 aromatic carbocycles. The fourth-order valence-electron chi connectivity index (χ4n) is 2.45. The van der Waals surface area contributed by atoms with Crippen LogP contribution in [0, 0.1) is 6.92 Å². The van der Waals surface area contributed by atoms with Crippen LogP contribution in [0.15, 0.2) is 42.7 Å². The number of hydrogen-bond acceptors (Lipinski definition) is 3. The summed E-state index contributed by atoms with van der Waals surface area (Å²) in [5, 5.41) is 9.27. The molecule has 3 heteroatoms. The van der Waals surface area contributed by atoms with Gasteiger partial charge in [0.25, 0.3) is 0 Å². The molecule has 1 aliphatic heterocycles. The SMILES string of the molecule is Cc1cncc(-c2ccc(CN3CC(O)C3)cc2)c1. The summed E-state index contributed by atoms with van der Waals surface area (Å²) >= 11 is 0. The van der Waals surface area contributed by atoms with Gasteiger partial charge in [-0.1, -0.05) is 24.3 Å². The maximum atomic E-state index is 9.27. The summed E-state index contributed by atoms with van der Waals surface area (Å²) in [4.78, 5) is 6.47. The topological polar surface area (TPSA) is 36.4 Å². The van der Waals surface area contributed by atoms with E-state index in [1.807, 2.05) is 12.4 Å². The van der Waals surface area contributed by atoms with Gasteiger partial charge in [0, 0.05) is 37.6 Å². The highest BCUT2D eigenvalue weighted by Crippen LogP contribution is 2.21. The molecule has 1 N–H and O–H groups in total. The second-order valence-electron chi connectivity index (χ2n) is 5.30. The van der Waals surface area contributed by atoms with Crippen LogP contribution in [0.2, 0.25) is 0 Å². The van der Waals surface area contributed by atoms with E-state index < -0.39 is 0 Å². The summed E-state index contributed by atoms with van der Waals surface area (Å²) < 4.78 is 0. The number of β-amino-alcohol motifs (C(OH)–C–C–N with tert-alkyl or cyclic N) is 1. The number of aromatic nitrogens is 1. The van der Waals surface area contributed by atoms with Crippen molar-refractivity contribution in [1.82, 2.24) is 9.88 Å². The van der Waals surface area contributed by atoms with E-state index in [2.05, 4.69) is 47.1 Å². The molecule has 2 aromatic rings. The molecule has 0 aliphatic carbocycles. The molecular weight excluding hydrogens is 236 g/mol. The molecular formula is C16H18N2O. The maximum absolute atomic E-state index is 9.27. The minimum Gasteiger partial charge on any atom is -0.390 e. The zero-order chi connectivity index (χ0) is 13.2. The highest BCUT2D eigenvalue weighted by Gasteiger charge is 2.23. The van der Waals surface area contributed by atoms with Crippen molar-refractivity contribution in [3.63, 3.8) is 0 Å². The van der Waals surface area contributed by atoms with Gasteiger partial charge in [0.1, 0.15) is 0 Å². The Kier molecular flexibility index (Phi) is 3.32. The van der Waals surface area contributed by atoms with Crippen molar-refractivity contribution < 1.29 is 5.11 Å². The molecule has 3 rings (SSSR count). The fraction of sp³-hybridized carbons (Fsp3) is 0.312. The third-order valence-electron chi connectivity index (χ3n) is 3.51. The lowest BCUT2D eigenvalue weighted by molar-refractivity contribution is -0.00286. The molecule has 1 aromatic heterocycles. The van der Waals surface area contributed by atoms with Gasteiger partial charge >= 0.3 is 0 Å². The van der Waals surface area contributed by atoms with Gasteiger partial charge in [-0.2, -0.15) is 0 Å². The van der Waals surface area contributed by atoms with E-state index in [1.165, 1.54) is 16.7 Å². The van der Waals surface area contributed by atoms with Crippen LogP contribution in [0.25, 0.3) is 11.1 Å². The van der Waals surface area contributed by atoms with E-state index in [-0.39, 0.29) is 6.10 Å². The van der Waals surface area contributed by atoms with Crippen LogP contribution < -0.4 is 0 Å². The lowest BCUT2D eigenvalue weighted by atomic mass is 10.0. The summed E-state index contributed by atoms with van der Waals surface area (Å²) in [6.07, 6.45) is 3.64. The van der Waals surface area contributed by atoms with Gasteiger partial charge in [0.15, 0.2) is 0 Å². The van der Waals surface area contributed by atoms with Gasteiger partial charge in [-0.25, -0.2) is 0 Å². The molecule has 1 saturated heterocycles. The molecule has 1 fully saturated rings. The van der Waals surface area contributed by atoms with Gasteiger partial charge in [-0.05, 0) is 29.7 Å². The smallest absolute Gasteiger partial charge is 0.0794 e. The zero-order valence-corrected chi connectivity index (χ0v) is 11.1. The second-order valence-corrected chi connectivity index (χ2v) is 5.30. The maximum Gasteiger partial charge on any atom is 0.0794 e. The minimum atomic E-state index is -0.127. The lowest BCUT2D eigenvalue weighted by Gasteiger charge is -2.35. The minimum absolute atomic E-state index is 0.127. The van der Waals surface area contributed by atoms with Crippen LogP contribution >= 0.6 is 0 Å². The number of hydrogen-bond donors (Lipinski definition) is 1. The van der Waals surface area contributed by atoms with E-state index in [0.717, 1.165) is 25.2 Å². The predicted molar refractivity (Wildman–Crippen MR) is 75.7 cm³/mol. The second kappa shape index (κ2) is 5.11. The van der Waals surface area contributed by atoms with Crippen molar-refractivity contribution in [2.45, 2.75) is 19.6 Å². The van der Waals surface area contributed by atoms with E-state index in [9.17, 15) is 5.11 Å². The van der Waals surface area contributed by atoms with Crippen molar-refractivity contribution in [2.75, 3.05) is 13.1 Å². The molecule has 1 aliphatic rings. The first-order valence-corrected chi connectivity index (χ1v) is 6.62. The summed E-state index contributed by atoms with van der Waals surface area (Å²) in [7, 11) is 0. The predicted octanol–water partition coefficient (Wildman–Crippen LogP) is 2.23. The van der Waals surface area contributed by atoms with E-state index in [0.29, 0.717) is 0 Å². The van der Waals surface area contributed by atoms with Gasteiger partial charge in [-0.15, -0.1) is 0 Å². The van der Waals surface area contributed by atoms with E-state index in [4.69, 9.17) is 0 Å². The first-order chi connectivity index (χ1) is 9.20. The van der Waals surface area contributed by atoms with Crippen molar-refractivity contribution in [2.24, 2.45) is 0 Å². The molecule has 98 valence electrons. The van der Waals surface area contributed by atoms with Crippen molar-refractivity contribution in [3.8, 4) is 11.1 Å². The van der Waals surface area contributed by atoms with Crippen LogP contribution in [-0.2, 0) is 6.54 Å². The van der Waals surface area contributed by atoms with Crippen molar-refractivity contribution in [3.05, 3.63) is 53.9 Å². The zero-order valence-electron chi connectivity index (χ0n) is 11.1. The van der Waals surface area contributed by atoms with Crippen LogP contribution in [0.4, 0.5) is 0 Å². The van der Waals surface area contributed by atoms with Crippen LogP contribution in [0.1, 0.15) is 11.1 Å². The number of nitrogens with zero attached hydrogens (tertiary/aromatic N) is 2. The summed E-state index contributed by atoms with van der Waals surface area (Å²) in [5.74, 6) is 0. The standard InChI is InChI=1S/C16H18N2O/c1-12-6-15(8-17-7-12)14-4-2-13(3-5-14)9-18-10-16(19)11-18/h2-8,16,19H,9-11H2,1H3. The van der Waals surface area contributed by atoms with Gasteiger partial charge in [-0.3, -0.25) is 9.88 Å². The van der Waals surface area contributed by atoms with E-state index in [1.54, 1.807) is 0 Å². The van der Waals surface area contributed by atoms with E-state index >= 15 is 0 Å². The number of benzene rings is 1. The monoisotopic (exact) mass is 254 g/mol. The Balaban J connectivity index is 1.72. The third kappa shape index (κ3) is 2.83. The van der Waals surface area contributed by atoms with Crippen molar-refractivity contribution >= 4 is 0 Å². The van der Waals surface area contributed by atoms with Crippen molar-refractivity contribution in [1.29, 1.82) is 0 Å². The highest BCUT2D eigenvalue weighted by atomic mass is 16.3. The first kappa shape index (κ1) is 12.3. The van der Waals surface area contributed by atoms with Gasteiger partial charge in [0.2, 0.25) is 0 Å². The molecule has 0 bridgehead atoms. The number of pyridine rings is 1. The summed E-state index contributed by atoms with van der Waals surface area (Å²) in [5.41, 5.74) is 4.82. The summed E-state index contributed by atoms with van der Waals surface area (Å²) in [6.45, 7) is 4.57. The molecule has 0 saturated carbocycles.